The summed E-state index contributed by atoms with van der Waals surface area (Å²) < 4.78 is 3.04. The summed E-state index contributed by atoms with van der Waals surface area (Å²) in [5.41, 5.74) is 11.8. The Labute approximate surface area is 123 Å². The van der Waals surface area contributed by atoms with Gasteiger partial charge >= 0.3 is 0 Å². The van der Waals surface area contributed by atoms with Crippen molar-refractivity contribution < 1.29 is 0 Å². The normalized spacial score (nSPS) is 11.1. The van der Waals surface area contributed by atoms with Crippen molar-refractivity contribution in [2.24, 2.45) is 12.8 Å². The molecule has 2 rings (SSSR count). The van der Waals surface area contributed by atoms with Gasteiger partial charge in [-0.3, -0.25) is 0 Å². The number of benzene rings is 1. The second-order valence-corrected chi connectivity index (χ2v) is 5.80. The molecule has 3 nitrogen and oxygen atoms in total. The van der Waals surface area contributed by atoms with Crippen molar-refractivity contribution >= 4 is 15.9 Å². The Morgan fingerprint density at radius 2 is 1.79 bits per heavy atom. The third-order valence-corrected chi connectivity index (χ3v) is 4.08. The highest BCUT2D eigenvalue weighted by atomic mass is 79.9. The third kappa shape index (κ3) is 2.60. The molecule has 4 heteroatoms. The molecule has 0 amide bonds. The zero-order valence-corrected chi connectivity index (χ0v) is 13.5. The first-order chi connectivity index (χ1) is 8.95. The van der Waals surface area contributed by atoms with E-state index in [-0.39, 0.29) is 0 Å². The summed E-state index contributed by atoms with van der Waals surface area (Å²) in [6.45, 7) is 7.03. The molecule has 0 spiro atoms. The van der Waals surface area contributed by atoms with Gasteiger partial charge in [0.05, 0.1) is 5.69 Å². The monoisotopic (exact) mass is 321 g/mol. The quantitative estimate of drug-likeness (QED) is 0.942. The SMILES string of the molecule is Cc1cc(C)c(-c2nc(Br)c(CCN)n2C)c(C)c1. The molecule has 19 heavy (non-hydrogen) atoms. The highest BCUT2D eigenvalue weighted by Crippen LogP contribution is 2.30. The van der Waals surface area contributed by atoms with E-state index in [9.17, 15) is 0 Å². The predicted octanol–water partition coefficient (Wildman–Crippen LogP) is 3.28. The fourth-order valence-corrected chi connectivity index (χ4v) is 3.29. The lowest BCUT2D eigenvalue weighted by atomic mass is 9.99. The molecule has 0 atom stereocenters. The van der Waals surface area contributed by atoms with E-state index < -0.39 is 0 Å². The van der Waals surface area contributed by atoms with Crippen LogP contribution in [0.3, 0.4) is 0 Å². The van der Waals surface area contributed by atoms with Gasteiger partial charge in [-0.2, -0.15) is 0 Å². The predicted molar refractivity (Wildman–Crippen MR) is 83.3 cm³/mol. The fourth-order valence-electron chi connectivity index (χ4n) is 2.66. The van der Waals surface area contributed by atoms with E-state index >= 15 is 0 Å². The maximum Gasteiger partial charge on any atom is 0.141 e. The van der Waals surface area contributed by atoms with Gasteiger partial charge in [0.1, 0.15) is 10.4 Å². The van der Waals surface area contributed by atoms with Crippen molar-refractivity contribution in [3.8, 4) is 11.4 Å². The Morgan fingerprint density at radius 3 is 2.32 bits per heavy atom. The molecule has 1 aromatic heterocycles. The van der Waals surface area contributed by atoms with E-state index in [4.69, 9.17) is 5.73 Å². The van der Waals surface area contributed by atoms with Gasteiger partial charge in [0, 0.05) is 19.0 Å². The summed E-state index contributed by atoms with van der Waals surface area (Å²) in [6, 6.07) is 4.40. The number of hydrogen-bond donors (Lipinski definition) is 1. The molecule has 1 aromatic carbocycles. The van der Waals surface area contributed by atoms with E-state index in [1.807, 2.05) is 0 Å². The molecule has 0 aliphatic carbocycles. The number of hydrogen-bond acceptors (Lipinski definition) is 2. The van der Waals surface area contributed by atoms with E-state index in [0.29, 0.717) is 6.54 Å². The molecule has 102 valence electrons. The van der Waals surface area contributed by atoms with Crippen LogP contribution in [-0.4, -0.2) is 16.1 Å². The van der Waals surface area contributed by atoms with Crippen LogP contribution in [0.15, 0.2) is 16.7 Å². The smallest absolute Gasteiger partial charge is 0.141 e. The zero-order chi connectivity index (χ0) is 14.2. The van der Waals surface area contributed by atoms with Crippen LogP contribution in [0.1, 0.15) is 22.4 Å². The highest BCUT2D eigenvalue weighted by molar-refractivity contribution is 9.10. The lowest BCUT2D eigenvalue weighted by Crippen LogP contribution is -2.08. The summed E-state index contributed by atoms with van der Waals surface area (Å²) >= 11 is 3.54. The van der Waals surface area contributed by atoms with Crippen molar-refractivity contribution in [1.29, 1.82) is 0 Å². The average Bonchev–Trinajstić information content (AvgIpc) is 2.56. The maximum absolute atomic E-state index is 5.66. The minimum atomic E-state index is 0.628. The highest BCUT2D eigenvalue weighted by Gasteiger charge is 2.17. The number of halogens is 1. The molecule has 0 aliphatic rings. The lowest BCUT2D eigenvalue weighted by Gasteiger charge is -2.12. The Kier molecular flexibility index (Phi) is 4.11. The number of nitrogens with zero attached hydrogens (tertiary/aromatic N) is 2. The summed E-state index contributed by atoms with van der Waals surface area (Å²) in [4.78, 5) is 4.67. The van der Waals surface area contributed by atoms with E-state index in [0.717, 1.165) is 22.5 Å². The van der Waals surface area contributed by atoms with Gasteiger partial charge in [-0.1, -0.05) is 17.7 Å². The zero-order valence-electron chi connectivity index (χ0n) is 11.9. The lowest BCUT2D eigenvalue weighted by molar-refractivity contribution is 0.806. The summed E-state index contributed by atoms with van der Waals surface area (Å²) in [7, 11) is 2.05. The number of aryl methyl sites for hydroxylation is 3. The van der Waals surface area contributed by atoms with E-state index in [2.05, 4.69) is 65.4 Å². The van der Waals surface area contributed by atoms with Gasteiger partial charge in [-0.05, 0) is 54.4 Å². The molecule has 0 radical (unpaired) electrons. The Bertz CT molecular complexity index is 591. The van der Waals surface area contributed by atoms with Crippen LogP contribution in [-0.2, 0) is 13.5 Å². The van der Waals surface area contributed by atoms with E-state index in [1.165, 1.54) is 22.3 Å². The molecule has 2 aromatic rings. The number of aromatic nitrogens is 2. The molecular weight excluding hydrogens is 302 g/mol. The Hall–Kier alpha value is -1.13. The number of nitrogens with two attached hydrogens (primary N) is 1. The summed E-state index contributed by atoms with van der Waals surface area (Å²) in [5.74, 6) is 1.00. The molecule has 2 N–H and O–H groups in total. The van der Waals surface area contributed by atoms with Crippen LogP contribution in [0.4, 0.5) is 0 Å². The third-order valence-electron chi connectivity index (χ3n) is 3.45. The number of rotatable bonds is 3. The minimum absolute atomic E-state index is 0.628. The van der Waals surface area contributed by atoms with Crippen LogP contribution in [0.25, 0.3) is 11.4 Å². The van der Waals surface area contributed by atoms with Crippen molar-refractivity contribution in [2.45, 2.75) is 27.2 Å². The molecule has 0 saturated heterocycles. The Balaban J connectivity index is 2.63. The van der Waals surface area contributed by atoms with Crippen LogP contribution < -0.4 is 5.73 Å². The van der Waals surface area contributed by atoms with Crippen molar-refractivity contribution in [3.63, 3.8) is 0 Å². The van der Waals surface area contributed by atoms with E-state index in [1.54, 1.807) is 0 Å². The summed E-state index contributed by atoms with van der Waals surface area (Å²) in [5, 5.41) is 0. The molecule has 0 fully saturated rings. The number of imidazole rings is 1. The molecule has 0 bridgehead atoms. The second kappa shape index (κ2) is 5.47. The van der Waals surface area contributed by atoms with Crippen LogP contribution in [0.2, 0.25) is 0 Å². The topological polar surface area (TPSA) is 43.8 Å². The molecular formula is C15H20BrN3. The molecule has 1 heterocycles. The van der Waals surface area contributed by atoms with Crippen molar-refractivity contribution in [2.75, 3.05) is 6.54 Å². The van der Waals surface area contributed by atoms with Crippen LogP contribution in [0.5, 0.6) is 0 Å². The Morgan fingerprint density at radius 1 is 1.21 bits per heavy atom. The van der Waals surface area contributed by atoms with Crippen molar-refractivity contribution in [3.05, 3.63) is 39.1 Å². The fraction of sp³-hybridized carbons (Fsp3) is 0.400. The maximum atomic E-state index is 5.66. The molecule has 0 saturated carbocycles. The average molecular weight is 322 g/mol. The van der Waals surface area contributed by atoms with Crippen molar-refractivity contribution in [1.82, 2.24) is 9.55 Å². The first kappa shape index (κ1) is 14.3. The van der Waals surface area contributed by atoms with Gasteiger partial charge in [-0.15, -0.1) is 0 Å². The standard InChI is InChI=1S/C15H20BrN3/c1-9-7-10(2)13(11(3)8-9)15-18-14(16)12(5-6-17)19(15)4/h7-8H,5-6,17H2,1-4H3. The van der Waals surface area contributed by atoms with Gasteiger partial charge in [-0.25, -0.2) is 4.98 Å². The second-order valence-electron chi connectivity index (χ2n) is 5.04. The van der Waals surface area contributed by atoms with Gasteiger partial charge in [0.2, 0.25) is 0 Å². The van der Waals surface area contributed by atoms with Crippen LogP contribution in [0, 0.1) is 20.8 Å². The van der Waals surface area contributed by atoms with Crippen LogP contribution >= 0.6 is 15.9 Å². The summed E-state index contributed by atoms with van der Waals surface area (Å²) in [6.07, 6.45) is 0.827. The largest absolute Gasteiger partial charge is 0.330 e. The first-order valence-electron chi connectivity index (χ1n) is 6.45. The molecule has 0 unspecified atom stereocenters. The van der Waals surface area contributed by atoms with Gasteiger partial charge in [0.15, 0.2) is 0 Å². The van der Waals surface area contributed by atoms with Gasteiger partial charge < -0.3 is 10.3 Å². The molecule has 0 aliphatic heterocycles. The minimum Gasteiger partial charge on any atom is -0.330 e. The first-order valence-corrected chi connectivity index (χ1v) is 7.24. The van der Waals surface area contributed by atoms with Gasteiger partial charge in [0.25, 0.3) is 0 Å².